The molecule has 88 valence electrons. The molecular formula is C13H19NO2. The number of nitrogens with two attached hydrogens (primary N) is 1. The minimum absolute atomic E-state index is 0.169. The first kappa shape index (κ1) is 11.6. The monoisotopic (exact) mass is 221 g/mol. The second kappa shape index (κ2) is 4.95. The van der Waals surface area contributed by atoms with Crippen molar-refractivity contribution in [3.8, 4) is 0 Å². The molecule has 0 heterocycles. The molecule has 0 saturated carbocycles. The van der Waals surface area contributed by atoms with Crippen LogP contribution in [0.1, 0.15) is 24.0 Å². The van der Waals surface area contributed by atoms with Crippen LogP contribution >= 0.6 is 0 Å². The van der Waals surface area contributed by atoms with E-state index in [-0.39, 0.29) is 12.2 Å². The maximum absolute atomic E-state index is 8.78. The van der Waals surface area contributed by atoms with Crippen molar-refractivity contribution in [3.63, 3.8) is 0 Å². The second-order valence-corrected chi connectivity index (χ2v) is 4.28. The van der Waals surface area contributed by atoms with Crippen molar-refractivity contribution in [2.24, 2.45) is 5.73 Å². The zero-order valence-corrected chi connectivity index (χ0v) is 9.48. The summed E-state index contributed by atoms with van der Waals surface area (Å²) < 4.78 is 5.92. The number of benzene rings is 1. The highest BCUT2D eigenvalue weighted by molar-refractivity contribution is 5.37. The van der Waals surface area contributed by atoms with E-state index in [0.717, 1.165) is 12.8 Å². The van der Waals surface area contributed by atoms with Crippen molar-refractivity contribution in [1.82, 2.24) is 0 Å². The molecule has 1 aliphatic rings. The van der Waals surface area contributed by atoms with Crippen LogP contribution in [0.4, 0.5) is 0 Å². The molecule has 2 rings (SSSR count). The van der Waals surface area contributed by atoms with Crippen molar-refractivity contribution in [3.05, 3.63) is 35.4 Å². The van der Waals surface area contributed by atoms with Crippen LogP contribution in [-0.4, -0.2) is 24.9 Å². The van der Waals surface area contributed by atoms with Crippen molar-refractivity contribution < 1.29 is 9.84 Å². The normalized spacial score (nSPS) is 23.4. The maximum atomic E-state index is 8.78. The zero-order valence-electron chi connectivity index (χ0n) is 9.48. The highest BCUT2D eigenvalue weighted by Gasteiger charge is 2.38. The molecule has 3 nitrogen and oxygen atoms in total. The molecule has 0 spiro atoms. The van der Waals surface area contributed by atoms with Crippen LogP contribution < -0.4 is 5.73 Å². The van der Waals surface area contributed by atoms with Gasteiger partial charge in [0, 0.05) is 13.2 Å². The third-order valence-corrected chi connectivity index (χ3v) is 3.32. The van der Waals surface area contributed by atoms with Crippen LogP contribution in [0.25, 0.3) is 0 Å². The van der Waals surface area contributed by atoms with Gasteiger partial charge in [-0.3, -0.25) is 0 Å². The van der Waals surface area contributed by atoms with Gasteiger partial charge in [-0.2, -0.15) is 0 Å². The summed E-state index contributed by atoms with van der Waals surface area (Å²) in [7, 11) is 0. The quantitative estimate of drug-likeness (QED) is 0.734. The number of aliphatic hydroxyl groups is 1. The van der Waals surface area contributed by atoms with Crippen molar-refractivity contribution >= 4 is 0 Å². The third kappa shape index (κ3) is 1.98. The fourth-order valence-electron chi connectivity index (χ4n) is 2.41. The Balaban J connectivity index is 2.17. The molecule has 16 heavy (non-hydrogen) atoms. The molecule has 3 N–H and O–H groups in total. The molecule has 0 saturated heterocycles. The molecule has 1 atom stereocenters. The number of ether oxygens (including phenoxy) is 1. The summed E-state index contributed by atoms with van der Waals surface area (Å²) in [6.07, 6.45) is 2.66. The van der Waals surface area contributed by atoms with E-state index in [4.69, 9.17) is 15.6 Å². The molecule has 1 aromatic rings. The first-order valence-corrected chi connectivity index (χ1v) is 5.86. The fraction of sp³-hybridized carbons (Fsp3) is 0.538. The van der Waals surface area contributed by atoms with Gasteiger partial charge >= 0.3 is 0 Å². The van der Waals surface area contributed by atoms with Gasteiger partial charge in [-0.25, -0.2) is 0 Å². The Kier molecular flexibility index (Phi) is 3.59. The van der Waals surface area contributed by atoms with Crippen LogP contribution in [0.2, 0.25) is 0 Å². The Labute approximate surface area is 96.2 Å². The van der Waals surface area contributed by atoms with Gasteiger partial charge in [-0.15, -0.1) is 0 Å². The Morgan fingerprint density at radius 2 is 2.19 bits per heavy atom. The van der Waals surface area contributed by atoms with Gasteiger partial charge < -0.3 is 15.6 Å². The van der Waals surface area contributed by atoms with E-state index in [2.05, 4.69) is 18.2 Å². The fourth-order valence-corrected chi connectivity index (χ4v) is 2.41. The van der Waals surface area contributed by atoms with Crippen molar-refractivity contribution in [2.45, 2.75) is 24.9 Å². The van der Waals surface area contributed by atoms with Gasteiger partial charge in [0.15, 0.2) is 0 Å². The van der Waals surface area contributed by atoms with E-state index in [1.165, 1.54) is 11.1 Å². The van der Waals surface area contributed by atoms with Crippen LogP contribution in [0.3, 0.4) is 0 Å². The van der Waals surface area contributed by atoms with E-state index < -0.39 is 0 Å². The molecule has 0 bridgehead atoms. The molecule has 0 aromatic heterocycles. The summed E-state index contributed by atoms with van der Waals surface area (Å²) in [5.41, 5.74) is 8.14. The number of fused-ring (bicyclic) bond motifs is 1. The number of rotatable bonds is 5. The maximum Gasteiger partial charge on any atom is 0.106 e. The average molecular weight is 221 g/mol. The van der Waals surface area contributed by atoms with Crippen molar-refractivity contribution in [2.75, 3.05) is 19.8 Å². The van der Waals surface area contributed by atoms with Crippen LogP contribution in [0, 0.1) is 0 Å². The Morgan fingerprint density at radius 1 is 1.38 bits per heavy atom. The molecule has 3 heteroatoms. The molecule has 1 unspecified atom stereocenters. The number of aryl methyl sites for hydroxylation is 1. The lowest BCUT2D eigenvalue weighted by Crippen LogP contribution is -2.36. The lowest BCUT2D eigenvalue weighted by atomic mass is 9.96. The Hall–Kier alpha value is -0.900. The molecular weight excluding hydrogens is 202 g/mol. The van der Waals surface area contributed by atoms with Crippen molar-refractivity contribution in [1.29, 1.82) is 0 Å². The van der Waals surface area contributed by atoms with E-state index in [1.54, 1.807) is 0 Å². The molecule has 1 aromatic carbocycles. The van der Waals surface area contributed by atoms with Crippen LogP contribution in [-0.2, 0) is 16.8 Å². The van der Waals surface area contributed by atoms with Crippen LogP contribution in [0.5, 0.6) is 0 Å². The van der Waals surface area contributed by atoms with E-state index in [0.29, 0.717) is 19.6 Å². The first-order chi connectivity index (χ1) is 7.82. The zero-order chi connectivity index (χ0) is 11.4. The Morgan fingerprint density at radius 3 is 2.94 bits per heavy atom. The average Bonchev–Trinajstić information content (AvgIpc) is 2.70. The number of hydrogen-bond acceptors (Lipinski definition) is 3. The highest BCUT2D eigenvalue weighted by Crippen LogP contribution is 2.39. The SMILES string of the molecule is NCC1(OCCCO)CCc2ccccc21. The lowest BCUT2D eigenvalue weighted by Gasteiger charge is -2.29. The predicted octanol–water partition coefficient (Wildman–Crippen LogP) is 1.19. The number of hydrogen-bond donors (Lipinski definition) is 2. The molecule has 0 aliphatic heterocycles. The third-order valence-electron chi connectivity index (χ3n) is 3.32. The van der Waals surface area contributed by atoms with Crippen LogP contribution in [0.15, 0.2) is 24.3 Å². The second-order valence-electron chi connectivity index (χ2n) is 4.28. The summed E-state index contributed by atoms with van der Waals surface area (Å²) in [6, 6.07) is 8.33. The largest absolute Gasteiger partial charge is 0.396 e. The lowest BCUT2D eigenvalue weighted by molar-refractivity contribution is -0.0467. The summed E-state index contributed by atoms with van der Waals surface area (Å²) >= 11 is 0. The van der Waals surface area contributed by atoms with Gasteiger partial charge in [-0.1, -0.05) is 24.3 Å². The predicted molar refractivity (Wildman–Crippen MR) is 63.2 cm³/mol. The molecule has 1 aliphatic carbocycles. The number of aliphatic hydroxyl groups excluding tert-OH is 1. The van der Waals surface area contributed by atoms with Gasteiger partial charge in [-0.05, 0) is 30.4 Å². The van der Waals surface area contributed by atoms with E-state index in [1.807, 2.05) is 6.07 Å². The summed E-state index contributed by atoms with van der Waals surface area (Å²) in [5.74, 6) is 0. The summed E-state index contributed by atoms with van der Waals surface area (Å²) in [5, 5.41) is 8.78. The molecule has 0 fully saturated rings. The van der Waals surface area contributed by atoms with Gasteiger partial charge in [0.25, 0.3) is 0 Å². The van der Waals surface area contributed by atoms with E-state index in [9.17, 15) is 0 Å². The summed E-state index contributed by atoms with van der Waals surface area (Å²) in [4.78, 5) is 0. The topological polar surface area (TPSA) is 55.5 Å². The highest BCUT2D eigenvalue weighted by atomic mass is 16.5. The summed E-state index contributed by atoms with van der Waals surface area (Å²) in [6.45, 7) is 1.25. The minimum atomic E-state index is -0.314. The standard InChI is InChI=1S/C13H19NO2/c14-10-13(16-9-3-8-15)7-6-11-4-1-2-5-12(11)13/h1-2,4-5,15H,3,6-10,14H2. The molecule has 0 radical (unpaired) electrons. The minimum Gasteiger partial charge on any atom is -0.396 e. The van der Waals surface area contributed by atoms with E-state index >= 15 is 0 Å². The van der Waals surface area contributed by atoms with Gasteiger partial charge in [0.2, 0.25) is 0 Å². The van der Waals surface area contributed by atoms with Gasteiger partial charge in [0.05, 0.1) is 6.61 Å². The first-order valence-electron chi connectivity index (χ1n) is 5.86. The van der Waals surface area contributed by atoms with Gasteiger partial charge in [0.1, 0.15) is 5.60 Å². The smallest absolute Gasteiger partial charge is 0.106 e. The Bertz CT molecular complexity index is 354. The molecule has 0 amide bonds.